The van der Waals surface area contributed by atoms with Crippen LogP contribution in [0, 0.1) is 5.92 Å². The summed E-state index contributed by atoms with van der Waals surface area (Å²) in [6, 6.07) is 10.4. The predicted molar refractivity (Wildman–Crippen MR) is 64.8 cm³/mol. The van der Waals surface area contributed by atoms with Crippen LogP contribution in [0.1, 0.15) is 24.8 Å². The lowest BCUT2D eigenvalue weighted by Crippen LogP contribution is -2.25. The molecule has 2 nitrogen and oxygen atoms in total. The molecule has 1 saturated carbocycles. The zero-order valence-corrected chi connectivity index (χ0v) is 9.56. The van der Waals surface area contributed by atoms with Gasteiger partial charge in [0.1, 0.15) is 0 Å². The van der Waals surface area contributed by atoms with Gasteiger partial charge < -0.3 is 4.90 Å². The number of nitrogens with zero attached hydrogens (tertiary/aromatic N) is 1. The summed E-state index contributed by atoms with van der Waals surface area (Å²) >= 11 is 0. The van der Waals surface area contributed by atoms with Gasteiger partial charge in [0.2, 0.25) is 0 Å². The minimum Gasteiger partial charge on any atom is -0.334 e. The van der Waals surface area contributed by atoms with E-state index in [1.165, 1.54) is 18.4 Å². The van der Waals surface area contributed by atoms with Crippen LogP contribution in [0.3, 0.4) is 0 Å². The first-order valence-corrected chi connectivity index (χ1v) is 6.05. The summed E-state index contributed by atoms with van der Waals surface area (Å²) in [5.74, 6) is 0.762. The molecule has 0 N–H and O–H groups in total. The number of aryl methyl sites for hydroxylation is 1. The molecule has 2 heteroatoms. The summed E-state index contributed by atoms with van der Waals surface area (Å²) in [7, 11) is 0. The fraction of sp³-hybridized carbons (Fsp3) is 0.500. The fourth-order valence-electron chi connectivity index (χ4n) is 1.91. The molecule has 1 fully saturated rings. The molecule has 0 spiro atoms. The molecule has 1 amide bonds. The maximum Gasteiger partial charge on any atom is 0.312 e. The van der Waals surface area contributed by atoms with Crippen molar-refractivity contribution >= 4 is 6.41 Å². The Morgan fingerprint density at radius 3 is 2.62 bits per heavy atom. The molecule has 0 unspecified atom stereocenters. The normalized spacial score (nSPS) is 14.8. The minimum atomic E-state index is 0.762. The van der Waals surface area contributed by atoms with Crippen LogP contribution >= 0.6 is 0 Å². The number of hydrogen-bond donors (Lipinski definition) is 0. The first-order valence-electron chi connectivity index (χ1n) is 6.05. The third-order valence-electron chi connectivity index (χ3n) is 3.04. The number of benzene rings is 1. The molecule has 0 atom stereocenters. The molecule has 0 aromatic heterocycles. The molecule has 0 saturated heterocycles. The van der Waals surface area contributed by atoms with Crippen molar-refractivity contribution in [2.24, 2.45) is 5.92 Å². The Labute approximate surface area is 97.3 Å². The van der Waals surface area contributed by atoms with Crippen molar-refractivity contribution in [1.29, 1.82) is 0 Å². The number of amides is 1. The SMILES string of the molecule is O=[C]N(CCCc1ccccc1)CC1CC1. The molecule has 0 aliphatic heterocycles. The van der Waals surface area contributed by atoms with Gasteiger partial charge in [-0.1, -0.05) is 30.3 Å². The average Bonchev–Trinajstić information content (AvgIpc) is 3.13. The van der Waals surface area contributed by atoms with E-state index in [9.17, 15) is 4.79 Å². The lowest BCUT2D eigenvalue weighted by atomic mass is 10.1. The molecule has 16 heavy (non-hydrogen) atoms. The van der Waals surface area contributed by atoms with Crippen molar-refractivity contribution in [3.8, 4) is 0 Å². The van der Waals surface area contributed by atoms with E-state index in [0.717, 1.165) is 31.8 Å². The van der Waals surface area contributed by atoms with E-state index in [-0.39, 0.29) is 0 Å². The van der Waals surface area contributed by atoms with Crippen LogP contribution in [-0.4, -0.2) is 24.4 Å². The van der Waals surface area contributed by atoms with E-state index < -0.39 is 0 Å². The van der Waals surface area contributed by atoms with Crippen molar-refractivity contribution < 1.29 is 4.79 Å². The van der Waals surface area contributed by atoms with E-state index in [4.69, 9.17) is 0 Å². The van der Waals surface area contributed by atoms with Crippen molar-refractivity contribution in [2.45, 2.75) is 25.7 Å². The lowest BCUT2D eigenvalue weighted by Gasteiger charge is -2.15. The first kappa shape index (κ1) is 11.2. The van der Waals surface area contributed by atoms with Gasteiger partial charge in [-0.05, 0) is 37.2 Å². The smallest absolute Gasteiger partial charge is 0.312 e. The Morgan fingerprint density at radius 2 is 2.00 bits per heavy atom. The van der Waals surface area contributed by atoms with E-state index in [1.54, 1.807) is 4.90 Å². The summed E-state index contributed by atoms with van der Waals surface area (Å²) in [4.78, 5) is 12.5. The van der Waals surface area contributed by atoms with Crippen LogP contribution in [-0.2, 0) is 11.2 Å². The van der Waals surface area contributed by atoms with Gasteiger partial charge in [0, 0.05) is 13.1 Å². The minimum absolute atomic E-state index is 0.762. The zero-order chi connectivity index (χ0) is 11.2. The van der Waals surface area contributed by atoms with E-state index >= 15 is 0 Å². The molecule has 1 aliphatic rings. The Hall–Kier alpha value is -1.31. The standard InChI is InChI=1S/C14H18NO/c16-12-15(11-14-8-9-14)10-4-7-13-5-2-1-3-6-13/h1-3,5-6,14H,4,7-11H2. The second kappa shape index (κ2) is 5.69. The maximum atomic E-state index is 10.7. The molecule has 1 aromatic carbocycles. The molecule has 1 aliphatic carbocycles. The molecule has 0 heterocycles. The van der Waals surface area contributed by atoms with Gasteiger partial charge in [-0.15, -0.1) is 0 Å². The highest BCUT2D eigenvalue weighted by Gasteiger charge is 2.23. The van der Waals surface area contributed by atoms with E-state index in [2.05, 4.69) is 24.3 Å². The third kappa shape index (κ3) is 3.69. The monoisotopic (exact) mass is 216 g/mol. The largest absolute Gasteiger partial charge is 0.334 e. The summed E-state index contributed by atoms with van der Waals surface area (Å²) in [6.45, 7) is 1.76. The molecular weight excluding hydrogens is 198 g/mol. The highest BCUT2D eigenvalue weighted by molar-refractivity contribution is 5.48. The van der Waals surface area contributed by atoms with Gasteiger partial charge in [0.15, 0.2) is 0 Å². The van der Waals surface area contributed by atoms with Crippen molar-refractivity contribution in [2.75, 3.05) is 13.1 Å². The average molecular weight is 216 g/mol. The summed E-state index contributed by atoms with van der Waals surface area (Å²) < 4.78 is 0. The van der Waals surface area contributed by atoms with Crippen LogP contribution in [0.25, 0.3) is 0 Å². The lowest BCUT2D eigenvalue weighted by molar-refractivity contribution is 0.361. The highest BCUT2D eigenvalue weighted by Crippen LogP contribution is 2.29. The van der Waals surface area contributed by atoms with Crippen LogP contribution in [0.15, 0.2) is 30.3 Å². The van der Waals surface area contributed by atoms with Gasteiger partial charge in [0.25, 0.3) is 0 Å². The second-order valence-electron chi connectivity index (χ2n) is 4.57. The molecule has 85 valence electrons. The van der Waals surface area contributed by atoms with Crippen LogP contribution in [0.5, 0.6) is 0 Å². The summed E-state index contributed by atoms with van der Waals surface area (Å²) in [5, 5.41) is 0. The maximum absolute atomic E-state index is 10.7. The Balaban J connectivity index is 1.67. The zero-order valence-electron chi connectivity index (χ0n) is 9.56. The Bertz CT molecular complexity index is 319. The first-order chi connectivity index (χ1) is 7.88. The van der Waals surface area contributed by atoms with Gasteiger partial charge in [-0.25, -0.2) is 0 Å². The highest BCUT2D eigenvalue weighted by atomic mass is 16.1. The van der Waals surface area contributed by atoms with Gasteiger partial charge in [-0.2, -0.15) is 0 Å². The van der Waals surface area contributed by atoms with Gasteiger partial charge in [0.05, 0.1) is 0 Å². The topological polar surface area (TPSA) is 20.3 Å². The van der Waals surface area contributed by atoms with Crippen molar-refractivity contribution in [3.63, 3.8) is 0 Å². The van der Waals surface area contributed by atoms with Crippen molar-refractivity contribution in [3.05, 3.63) is 35.9 Å². The van der Waals surface area contributed by atoms with Crippen LogP contribution in [0.4, 0.5) is 0 Å². The molecule has 1 radical (unpaired) electrons. The summed E-state index contributed by atoms with van der Waals surface area (Å²) in [5.41, 5.74) is 1.35. The van der Waals surface area contributed by atoms with Crippen molar-refractivity contribution in [1.82, 2.24) is 4.90 Å². The van der Waals surface area contributed by atoms with E-state index in [0.29, 0.717) is 0 Å². The van der Waals surface area contributed by atoms with E-state index in [1.807, 2.05) is 12.5 Å². The number of hydrogen-bond acceptors (Lipinski definition) is 1. The second-order valence-corrected chi connectivity index (χ2v) is 4.57. The Morgan fingerprint density at radius 1 is 1.25 bits per heavy atom. The van der Waals surface area contributed by atoms with Crippen LogP contribution < -0.4 is 0 Å². The third-order valence-corrected chi connectivity index (χ3v) is 3.04. The van der Waals surface area contributed by atoms with Gasteiger partial charge in [-0.3, -0.25) is 4.79 Å². The summed E-state index contributed by atoms with van der Waals surface area (Å²) in [6.07, 6.45) is 6.70. The molecule has 1 aromatic rings. The van der Waals surface area contributed by atoms with Gasteiger partial charge >= 0.3 is 6.41 Å². The number of rotatable bonds is 7. The number of carbonyl (C=O) groups excluding carboxylic acids is 1. The Kier molecular flexibility index (Phi) is 3.97. The quantitative estimate of drug-likeness (QED) is 0.641. The fourth-order valence-corrected chi connectivity index (χ4v) is 1.91. The molecular formula is C14H18NO. The van der Waals surface area contributed by atoms with Crippen LogP contribution in [0.2, 0.25) is 0 Å². The molecule has 0 bridgehead atoms. The predicted octanol–water partition coefficient (Wildman–Crippen LogP) is 2.40. The molecule has 2 rings (SSSR count).